The summed E-state index contributed by atoms with van der Waals surface area (Å²) < 4.78 is 4.66. The molecule has 0 unspecified atom stereocenters. The summed E-state index contributed by atoms with van der Waals surface area (Å²) in [5.74, 6) is 0. The fourth-order valence-electron chi connectivity index (χ4n) is 2.49. The van der Waals surface area contributed by atoms with Gasteiger partial charge < -0.3 is 14.7 Å². The molecule has 0 radical (unpaired) electrons. The zero-order chi connectivity index (χ0) is 14.9. The Morgan fingerprint density at radius 2 is 0.950 bits per heavy atom. The van der Waals surface area contributed by atoms with Crippen molar-refractivity contribution >= 4 is 7.32 Å². The van der Waals surface area contributed by atoms with Gasteiger partial charge in [-0.3, -0.25) is 0 Å². The molecule has 0 heterocycles. The molecule has 0 rings (SSSR count). The fourth-order valence-corrected chi connectivity index (χ4v) is 2.49. The van der Waals surface area contributed by atoms with E-state index in [1.807, 2.05) is 0 Å². The zero-order valence-corrected chi connectivity index (χ0v) is 13.5. The van der Waals surface area contributed by atoms with Crippen molar-refractivity contribution in [3.63, 3.8) is 0 Å². The van der Waals surface area contributed by atoms with Gasteiger partial charge in [-0.05, 0) is 6.42 Å². The van der Waals surface area contributed by atoms with Gasteiger partial charge in [0.05, 0.1) is 0 Å². The predicted octanol–water partition coefficient (Wildman–Crippen LogP) is 4.45. The van der Waals surface area contributed by atoms with Crippen LogP contribution in [0.15, 0.2) is 0 Å². The maximum Gasteiger partial charge on any atom is 0.633 e. The van der Waals surface area contributed by atoms with E-state index >= 15 is 0 Å². The van der Waals surface area contributed by atoms with E-state index < -0.39 is 7.32 Å². The highest BCUT2D eigenvalue weighted by Crippen LogP contribution is 2.12. The molecule has 120 valence electrons. The van der Waals surface area contributed by atoms with Gasteiger partial charge in [0.2, 0.25) is 0 Å². The molecular formula is C16H35BO3. The van der Waals surface area contributed by atoms with Crippen LogP contribution in [0.25, 0.3) is 0 Å². The van der Waals surface area contributed by atoms with Crippen molar-refractivity contribution in [2.45, 2.75) is 96.8 Å². The highest BCUT2D eigenvalue weighted by atomic mass is 16.6. The second-order valence-electron chi connectivity index (χ2n) is 5.79. The summed E-state index contributed by atoms with van der Waals surface area (Å²) in [6.07, 6.45) is 18.6. The number of hydrogen-bond acceptors (Lipinski definition) is 3. The zero-order valence-electron chi connectivity index (χ0n) is 13.5. The number of hydrogen-bond donors (Lipinski definition) is 2. The summed E-state index contributed by atoms with van der Waals surface area (Å²) in [4.78, 5) is 0. The van der Waals surface area contributed by atoms with Gasteiger partial charge in [-0.2, -0.15) is 0 Å². The molecule has 2 N–H and O–H groups in total. The van der Waals surface area contributed by atoms with Crippen LogP contribution in [-0.2, 0) is 4.65 Å². The molecule has 0 aromatic heterocycles. The molecule has 0 fully saturated rings. The van der Waals surface area contributed by atoms with Crippen molar-refractivity contribution < 1.29 is 14.7 Å². The van der Waals surface area contributed by atoms with Gasteiger partial charge >= 0.3 is 7.32 Å². The lowest BCUT2D eigenvalue weighted by Gasteiger charge is -2.04. The number of rotatable bonds is 16. The topological polar surface area (TPSA) is 49.7 Å². The smallest absolute Gasteiger partial charge is 0.402 e. The Morgan fingerprint density at radius 1 is 0.600 bits per heavy atom. The molecule has 20 heavy (non-hydrogen) atoms. The highest BCUT2D eigenvalue weighted by Gasteiger charge is 2.06. The van der Waals surface area contributed by atoms with E-state index in [9.17, 15) is 0 Å². The van der Waals surface area contributed by atoms with Crippen molar-refractivity contribution in [1.82, 2.24) is 0 Å². The van der Waals surface area contributed by atoms with E-state index in [1.54, 1.807) is 0 Å². The molecule has 0 atom stereocenters. The maximum absolute atomic E-state index is 8.49. The average Bonchev–Trinajstić information content (AvgIpc) is 2.43. The summed E-state index contributed by atoms with van der Waals surface area (Å²) >= 11 is 0. The summed E-state index contributed by atoms with van der Waals surface area (Å²) in [6, 6.07) is 0. The van der Waals surface area contributed by atoms with Gasteiger partial charge in [-0.25, -0.2) is 0 Å². The predicted molar refractivity (Wildman–Crippen MR) is 86.5 cm³/mol. The molecule has 0 aliphatic heterocycles. The van der Waals surface area contributed by atoms with Gasteiger partial charge in [-0.1, -0.05) is 90.4 Å². The summed E-state index contributed by atoms with van der Waals surface area (Å²) in [5.41, 5.74) is 0. The molecule has 4 heteroatoms. The molecule has 0 saturated carbocycles. The van der Waals surface area contributed by atoms with E-state index in [0.717, 1.165) is 12.8 Å². The minimum absolute atomic E-state index is 0.454. The molecule has 0 aliphatic carbocycles. The standard InChI is InChI=1S/C16H35BO3/c1-2-3-4-5-6-7-8-9-10-11-12-13-14-15-16-20-17(18)19/h18-19H,2-16H2,1H3. The van der Waals surface area contributed by atoms with Crippen molar-refractivity contribution in [3.8, 4) is 0 Å². The van der Waals surface area contributed by atoms with Crippen LogP contribution in [0.1, 0.15) is 96.8 Å². The van der Waals surface area contributed by atoms with Crippen molar-refractivity contribution in [1.29, 1.82) is 0 Å². The van der Waals surface area contributed by atoms with E-state index in [1.165, 1.54) is 77.0 Å². The molecule has 3 nitrogen and oxygen atoms in total. The first-order valence-electron chi connectivity index (χ1n) is 8.75. The fraction of sp³-hybridized carbons (Fsp3) is 1.00. The van der Waals surface area contributed by atoms with E-state index in [2.05, 4.69) is 11.6 Å². The van der Waals surface area contributed by atoms with Crippen molar-refractivity contribution in [3.05, 3.63) is 0 Å². The Hall–Kier alpha value is -0.0551. The Bertz CT molecular complexity index is 177. The van der Waals surface area contributed by atoms with Crippen LogP contribution in [0, 0.1) is 0 Å². The van der Waals surface area contributed by atoms with E-state index in [-0.39, 0.29) is 0 Å². The molecule has 0 saturated heterocycles. The van der Waals surface area contributed by atoms with Gasteiger partial charge in [0.25, 0.3) is 0 Å². The van der Waals surface area contributed by atoms with Crippen molar-refractivity contribution in [2.75, 3.05) is 6.61 Å². The maximum atomic E-state index is 8.49. The molecule has 0 bridgehead atoms. The quantitative estimate of drug-likeness (QED) is 0.325. The molecule has 0 amide bonds. The Morgan fingerprint density at radius 3 is 1.30 bits per heavy atom. The lowest BCUT2D eigenvalue weighted by Crippen LogP contribution is -2.17. The Kier molecular flexibility index (Phi) is 17.0. The van der Waals surface area contributed by atoms with Crippen LogP contribution >= 0.6 is 0 Å². The SMILES string of the molecule is CCCCCCCCCCCCCCCCOB(O)O. The minimum Gasteiger partial charge on any atom is -0.402 e. The highest BCUT2D eigenvalue weighted by molar-refractivity contribution is 6.32. The van der Waals surface area contributed by atoms with Crippen LogP contribution in [0.2, 0.25) is 0 Å². The summed E-state index contributed by atoms with van der Waals surface area (Å²) in [7, 11) is -1.60. The van der Waals surface area contributed by atoms with Gasteiger partial charge in [0.1, 0.15) is 0 Å². The second-order valence-corrected chi connectivity index (χ2v) is 5.79. The molecule has 0 aliphatic rings. The molecule has 0 aromatic carbocycles. The summed E-state index contributed by atoms with van der Waals surface area (Å²) in [5, 5.41) is 17.0. The third-order valence-electron chi connectivity index (χ3n) is 3.76. The minimum atomic E-state index is -1.60. The lowest BCUT2D eigenvalue weighted by atomic mass is 10.0. The third kappa shape index (κ3) is 17.9. The first-order chi connectivity index (χ1) is 9.77. The average molecular weight is 286 g/mol. The van der Waals surface area contributed by atoms with Crippen LogP contribution < -0.4 is 0 Å². The number of unbranched alkanes of at least 4 members (excludes halogenated alkanes) is 13. The molecule has 0 aromatic rings. The normalized spacial score (nSPS) is 10.9. The van der Waals surface area contributed by atoms with Crippen LogP contribution in [0.5, 0.6) is 0 Å². The van der Waals surface area contributed by atoms with Gasteiger partial charge in [0.15, 0.2) is 0 Å². The monoisotopic (exact) mass is 286 g/mol. The lowest BCUT2D eigenvalue weighted by molar-refractivity contribution is 0.182. The molecule has 0 spiro atoms. The second kappa shape index (κ2) is 17.0. The van der Waals surface area contributed by atoms with E-state index in [4.69, 9.17) is 10.0 Å². The first kappa shape index (κ1) is 19.9. The van der Waals surface area contributed by atoms with Crippen LogP contribution in [0.3, 0.4) is 0 Å². The van der Waals surface area contributed by atoms with Gasteiger partial charge in [0, 0.05) is 6.61 Å². The van der Waals surface area contributed by atoms with Gasteiger partial charge in [-0.15, -0.1) is 0 Å². The third-order valence-corrected chi connectivity index (χ3v) is 3.76. The van der Waals surface area contributed by atoms with E-state index in [0.29, 0.717) is 6.61 Å². The Balaban J connectivity index is 2.92. The first-order valence-corrected chi connectivity index (χ1v) is 8.75. The largest absolute Gasteiger partial charge is 0.633 e. The Labute approximate surface area is 126 Å². The summed E-state index contributed by atoms with van der Waals surface area (Å²) in [6.45, 7) is 2.72. The van der Waals surface area contributed by atoms with Crippen LogP contribution in [-0.4, -0.2) is 24.0 Å². The molecular weight excluding hydrogens is 251 g/mol. The van der Waals surface area contributed by atoms with Crippen molar-refractivity contribution in [2.24, 2.45) is 0 Å². The van der Waals surface area contributed by atoms with Crippen LogP contribution in [0.4, 0.5) is 0 Å².